The fourth-order valence-electron chi connectivity index (χ4n) is 3.28. The number of hydrogen-bond acceptors (Lipinski definition) is 4. The van der Waals surface area contributed by atoms with Crippen LogP contribution in [-0.4, -0.2) is 17.1 Å². The van der Waals surface area contributed by atoms with Crippen molar-refractivity contribution in [2.75, 3.05) is 7.05 Å². The summed E-state index contributed by atoms with van der Waals surface area (Å²) in [6, 6.07) is 11.6. The van der Waals surface area contributed by atoms with Crippen LogP contribution >= 0.6 is 22.9 Å². The predicted octanol–water partition coefficient (Wildman–Crippen LogP) is 5.05. The molecule has 0 aliphatic carbocycles. The van der Waals surface area contributed by atoms with Crippen LogP contribution in [0.4, 0.5) is 0 Å². The SMILES string of the molecule is CN[C@H](C)c1ccc(-c2c(O)cc(Cl)c3[nH]c(=O)c4sccc4c23)cc1. The van der Waals surface area contributed by atoms with Gasteiger partial charge < -0.3 is 15.4 Å². The largest absolute Gasteiger partial charge is 0.507 e. The molecule has 0 spiro atoms. The van der Waals surface area contributed by atoms with Gasteiger partial charge in [-0.25, -0.2) is 0 Å². The molecule has 0 amide bonds. The summed E-state index contributed by atoms with van der Waals surface area (Å²) in [6.45, 7) is 2.09. The molecule has 6 heteroatoms. The molecule has 1 atom stereocenters. The van der Waals surface area contributed by atoms with Crippen molar-refractivity contribution in [3.63, 3.8) is 0 Å². The lowest BCUT2D eigenvalue weighted by atomic mass is 9.95. The van der Waals surface area contributed by atoms with E-state index < -0.39 is 0 Å². The van der Waals surface area contributed by atoms with Crippen molar-refractivity contribution < 1.29 is 5.11 Å². The van der Waals surface area contributed by atoms with Gasteiger partial charge in [-0.1, -0.05) is 35.9 Å². The Balaban J connectivity index is 2.06. The number of H-pyrrole nitrogens is 1. The summed E-state index contributed by atoms with van der Waals surface area (Å²) < 4.78 is 0.626. The number of phenols is 1. The smallest absolute Gasteiger partial charge is 0.266 e. The second kappa shape index (κ2) is 6.43. The van der Waals surface area contributed by atoms with E-state index in [1.165, 1.54) is 17.4 Å². The van der Waals surface area contributed by atoms with Gasteiger partial charge in [-0.15, -0.1) is 11.3 Å². The van der Waals surface area contributed by atoms with E-state index in [9.17, 15) is 9.90 Å². The second-order valence-corrected chi connectivity index (χ2v) is 7.58. The molecule has 2 aromatic heterocycles. The zero-order valence-corrected chi connectivity index (χ0v) is 15.8. The molecule has 0 aliphatic heterocycles. The number of aromatic amines is 1. The predicted molar refractivity (Wildman–Crippen MR) is 110 cm³/mol. The van der Waals surface area contributed by atoms with Gasteiger partial charge in [0.1, 0.15) is 10.4 Å². The van der Waals surface area contributed by atoms with Crippen molar-refractivity contribution in [2.24, 2.45) is 0 Å². The van der Waals surface area contributed by atoms with E-state index >= 15 is 0 Å². The number of hydrogen-bond donors (Lipinski definition) is 3. The van der Waals surface area contributed by atoms with Gasteiger partial charge in [0.25, 0.3) is 5.56 Å². The summed E-state index contributed by atoms with van der Waals surface area (Å²) in [5, 5.41) is 17.6. The monoisotopic (exact) mass is 384 g/mol. The Labute approximate surface area is 159 Å². The van der Waals surface area contributed by atoms with E-state index in [-0.39, 0.29) is 17.4 Å². The first-order chi connectivity index (χ1) is 12.5. The van der Waals surface area contributed by atoms with Crippen LogP contribution < -0.4 is 10.9 Å². The van der Waals surface area contributed by atoms with Crippen molar-refractivity contribution in [1.29, 1.82) is 0 Å². The number of halogens is 1. The molecule has 0 aliphatic rings. The highest BCUT2D eigenvalue weighted by molar-refractivity contribution is 7.17. The number of nitrogens with one attached hydrogen (secondary N) is 2. The van der Waals surface area contributed by atoms with Crippen molar-refractivity contribution in [1.82, 2.24) is 10.3 Å². The van der Waals surface area contributed by atoms with Crippen LogP contribution in [0, 0.1) is 0 Å². The standard InChI is InChI=1S/C20H17ClN2O2S/c1-10(22-2)11-3-5-12(6-4-11)16-15(24)9-14(21)18-17(16)13-7-8-26-19(13)20(25)23-18/h3-10,22,24H,1-2H3,(H,23,25)/t10-/m1/s1. The van der Waals surface area contributed by atoms with E-state index in [1.54, 1.807) is 0 Å². The molecule has 0 fully saturated rings. The maximum atomic E-state index is 12.3. The molecule has 0 saturated carbocycles. The van der Waals surface area contributed by atoms with Crippen LogP contribution in [0.15, 0.2) is 46.6 Å². The van der Waals surface area contributed by atoms with Gasteiger partial charge in [0.2, 0.25) is 0 Å². The molecule has 26 heavy (non-hydrogen) atoms. The first-order valence-electron chi connectivity index (χ1n) is 8.23. The minimum Gasteiger partial charge on any atom is -0.507 e. The van der Waals surface area contributed by atoms with Gasteiger partial charge in [-0.3, -0.25) is 4.79 Å². The fourth-order valence-corrected chi connectivity index (χ4v) is 4.32. The lowest BCUT2D eigenvalue weighted by Crippen LogP contribution is -2.11. The highest BCUT2D eigenvalue weighted by Crippen LogP contribution is 2.42. The van der Waals surface area contributed by atoms with Gasteiger partial charge in [-0.05, 0) is 36.5 Å². The summed E-state index contributed by atoms with van der Waals surface area (Å²) in [4.78, 5) is 15.2. The number of rotatable bonds is 3. The summed E-state index contributed by atoms with van der Waals surface area (Å²) in [5.74, 6) is 0.0939. The zero-order chi connectivity index (χ0) is 18.4. The van der Waals surface area contributed by atoms with Crippen molar-refractivity contribution >= 4 is 43.9 Å². The zero-order valence-electron chi connectivity index (χ0n) is 14.3. The van der Waals surface area contributed by atoms with Crippen LogP contribution in [0.3, 0.4) is 0 Å². The van der Waals surface area contributed by atoms with E-state index in [2.05, 4.69) is 17.2 Å². The number of thiophene rings is 1. The molecule has 4 rings (SSSR count). The molecular formula is C20H17ClN2O2S. The Hall–Kier alpha value is -2.34. The summed E-state index contributed by atoms with van der Waals surface area (Å²) >= 11 is 7.69. The number of phenolic OH excluding ortho intramolecular Hbond substituents is 1. The molecule has 0 radical (unpaired) electrons. The van der Waals surface area contributed by atoms with Crippen molar-refractivity contribution in [3.8, 4) is 16.9 Å². The van der Waals surface area contributed by atoms with Crippen molar-refractivity contribution in [3.05, 3.63) is 62.7 Å². The Morgan fingerprint density at radius 2 is 1.96 bits per heavy atom. The van der Waals surface area contributed by atoms with E-state index in [1.807, 2.05) is 42.8 Å². The molecule has 3 N–H and O–H groups in total. The third-order valence-electron chi connectivity index (χ3n) is 4.77. The minimum atomic E-state index is -0.167. The number of benzene rings is 2. The van der Waals surface area contributed by atoms with Gasteiger partial charge in [0.05, 0.1) is 10.5 Å². The minimum absolute atomic E-state index is 0.0939. The Bertz CT molecular complexity index is 1180. The fraction of sp³-hybridized carbons (Fsp3) is 0.150. The molecule has 132 valence electrons. The van der Waals surface area contributed by atoms with Gasteiger partial charge in [0, 0.05) is 28.4 Å². The molecule has 4 nitrogen and oxygen atoms in total. The van der Waals surface area contributed by atoms with E-state index in [4.69, 9.17) is 11.6 Å². The number of aromatic nitrogens is 1. The van der Waals surface area contributed by atoms with Crippen LogP contribution in [0.1, 0.15) is 18.5 Å². The van der Waals surface area contributed by atoms with Gasteiger partial charge >= 0.3 is 0 Å². The lowest BCUT2D eigenvalue weighted by molar-refractivity contribution is 0.478. The van der Waals surface area contributed by atoms with E-state index in [0.29, 0.717) is 20.8 Å². The topological polar surface area (TPSA) is 65.1 Å². The lowest BCUT2D eigenvalue weighted by Gasteiger charge is -2.14. The molecular weight excluding hydrogens is 368 g/mol. The maximum absolute atomic E-state index is 12.3. The summed E-state index contributed by atoms with van der Waals surface area (Å²) in [5.41, 5.74) is 3.08. The normalized spacial score (nSPS) is 12.7. The van der Waals surface area contributed by atoms with Crippen LogP contribution in [0.5, 0.6) is 5.75 Å². The maximum Gasteiger partial charge on any atom is 0.266 e. The highest BCUT2D eigenvalue weighted by atomic mass is 35.5. The third-order valence-corrected chi connectivity index (χ3v) is 5.98. The molecule has 0 saturated heterocycles. The molecule has 2 aromatic carbocycles. The highest BCUT2D eigenvalue weighted by Gasteiger charge is 2.18. The number of pyridine rings is 1. The summed E-state index contributed by atoms with van der Waals surface area (Å²) in [6.07, 6.45) is 0. The molecule has 2 heterocycles. The molecule has 0 unspecified atom stereocenters. The molecule has 4 aromatic rings. The quantitative estimate of drug-likeness (QED) is 0.463. The Kier molecular flexibility index (Phi) is 4.23. The van der Waals surface area contributed by atoms with E-state index in [0.717, 1.165) is 21.9 Å². The number of aromatic hydroxyl groups is 1. The van der Waals surface area contributed by atoms with Crippen LogP contribution in [-0.2, 0) is 0 Å². The van der Waals surface area contributed by atoms with Crippen molar-refractivity contribution in [2.45, 2.75) is 13.0 Å². The average Bonchev–Trinajstić information content (AvgIpc) is 3.13. The average molecular weight is 385 g/mol. The Morgan fingerprint density at radius 3 is 2.65 bits per heavy atom. The van der Waals surface area contributed by atoms with Gasteiger partial charge in [-0.2, -0.15) is 0 Å². The summed E-state index contributed by atoms with van der Waals surface area (Å²) in [7, 11) is 1.92. The second-order valence-electron chi connectivity index (χ2n) is 6.25. The van der Waals surface area contributed by atoms with Gasteiger partial charge in [0.15, 0.2) is 0 Å². The third kappa shape index (κ3) is 2.60. The first-order valence-corrected chi connectivity index (χ1v) is 9.49. The first kappa shape index (κ1) is 17.1. The Morgan fingerprint density at radius 1 is 1.23 bits per heavy atom. The van der Waals surface area contributed by atoms with Crippen LogP contribution in [0.25, 0.3) is 32.1 Å². The number of fused-ring (bicyclic) bond motifs is 3. The van der Waals surface area contributed by atoms with Crippen LogP contribution in [0.2, 0.25) is 5.02 Å². The molecule has 0 bridgehead atoms.